The molecule has 0 amide bonds. The van der Waals surface area contributed by atoms with Crippen molar-refractivity contribution in [2.75, 3.05) is 15.5 Å². The second-order valence-corrected chi connectivity index (χ2v) is 8.00. The maximum Gasteiger partial charge on any atom is 0.224 e. The van der Waals surface area contributed by atoms with Crippen LogP contribution in [-0.4, -0.2) is 33.5 Å². The van der Waals surface area contributed by atoms with E-state index in [4.69, 9.17) is 4.98 Å². The Morgan fingerprint density at radius 2 is 1.74 bits per heavy atom. The average molecular weight is 527 g/mol. The SMILES string of the molecule is C#C.C=C(CC)N1c2nc(NC3CCC(O)CC3)ncc2NC1NC(/C=C\C)=C/C.C=CCC.CC.CC. The molecule has 1 fully saturated rings. The molecule has 2 aliphatic rings. The molecule has 0 saturated heterocycles. The van der Waals surface area contributed by atoms with Crippen molar-refractivity contribution in [3.63, 3.8) is 0 Å². The van der Waals surface area contributed by atoms with E-state index in [2.05, 4.69) is 65.7 Å². The monoisotopic (exact) mass is 526 g/mol. The van der Waals surface area contributed by atoms with Crippen LogP contribution in [0.5, 0.6) is 0 Å². The van der Waals surface area contributed by atoms with Gasteiger partial charge in [-0.05, 0) is 58.4 Å². The van der Waals surface area contributed by atoms with Crippen LogP contribution in [0.15, 0.2) is 55.1 Å². The number of nitrogens with one attached hydrogen (secondary N) is 3. The highest BCUT2D eigenvalue weighted by Crippen LogP contribution is 2.36. The maximum atomic E-state index is 9.70. The number of aromatic nitrogens is 2. The highest BCUT2D eigenvalue weighted by atomic mass is 16.3. The molecule has 1 unspecified atom stereocenters. The van der Waals surface area contributed by atoms with E-state index in [1.807, 2.05) is 72.0 Å². The molecule has 0 radical (unpaired) electrons. The van der Waals surface area contributed by atoms with Gasteiger partial charge in [0.2, 0.25) is 5.95 Å². The molecular weight excluding hydrogens is 472 g/mol. The summed E-state index contributed by atoms with van der Waals surface area (Å²) in [5.41, 5.74) is 2.88. The van der Waals surface area contributed by atoms with Gasteiger partial charge in [-0.3, -0.25) is 4.90 Å². The number of fused-ring (bicyclic) bond motifs is 1. The van der Waals surface area contributed by atoms with Crippen LogP contribution in [0.4, 0.5) is 17.5 Å². The van der Waals surface area contributed by atoms with Gasteiger partial charge in [0.1, 0.15) is 0 Å². The fourth-order valence-electron chi connectivity index (χ4n) is 3.63. The lowest BCUT2D eigenvalue weighted by atomic mass is 9.93. The topological polar surface area (TPSA) is 85.3 Å². The predicted octanol–water partition coefficient (Wildman–Crippen LogP) is 7.58. The van der Waals surface area contributed by atoms with Crippen molar-refractivity contribution < 1.29 is 5.11 Å². The van der Waals surface area contributed by atoms with Gasteiger partial charge in [0.05, 0.1) is 18.0 Å². The van der Waals surface area contributed by atoms with E-state index in [1.165, 1.54) is 0 Å². The fraction of sp³-hybridized carbons (Fsp3) is 0.548. The number of rotatable bonds is 8. The summed E-state index contributed by atoms with van der Waals surface area (Å²) in [5, 5.41) is 20.1. The Hall–Kier alpha value is -3.24. The molecule has 7 nitrogen and oxygen atoms in total. The van der Waals surface area contributed by atoms with Gasteiger partial charge in [-0.2, -0.15) is 4.98 Å². The van der Waals surface area contributed by atoms with Crippen molar-refractivity contribution in [2.45, 2.75) is 112 Å². The maximum absolute atomic E-state index is 9.70. The minimum atomic E-state index is -0.170. The van der Waals surface area contributed by atoms with E-state index >= 15 is 0 Å². The van der Waals surface area contributed by atoms with Crippen molar-refractivity contribution in [3.05, 3.63) is 55.1 Å². The molecule has 1 aliphatic carbocycles. The summed E-state index contributed by atoms with van der Waals surface area (Å²) in [6.07, 6.45) is 22.9. The van der Waals surface area contributed by atoms with Crippen molar-refractivity contribution in [1.82, 2.24) is 15.3 Å². The first-order valence-electron chi connectivity index (χ1n) is 14.0. The number of allylic oxidation sites excluding steroid dienone is 5. The molecule has 1 aliphatic heterocycles. The summed E-state index contributed by atoms with van der Waals surface area (Å²) < 4.78 is 0. The molecule has 0 bridgehead atoms. The van der Waals surface area contributed by atoms with Gasteiger partial charge < -0.3 is 21.1 Å². The average Bonchev–Trinajstić information content (AvgIpc) is 3.34. The molecule has 1 aromatic rings. The first-order valence-corrected chi connectivity index (χ1v) is 14.0. The number of hydrogen-bond acceptors (Lipinski definition) is 7. The normalized spacial score (nSPS) is 19.3. The van der Waals surface area contributed by atoms with Crippen molar-refractivity contribution in [1.29, 1.82) is 0 Å². The molecule has 3 rings (SSSR count). The van der Waals surface area contributed by atoms with E-state index in [0.29, 0.717) is 12.0 Å². The number of anilines is 3. The predicted molar refractivity (Wildman–Crippen MR) is 168 cm³/mol. The lowest BCUT2D eigenvalue weighted by molar-refractivity contribution is 0.126. The number of aliphatic hydroxyl groups is 1. The Kier molecular flexibility index (Phi) is 22.3. The van der Waals surface area contributed by atoms with E-state index in [-0.39, 0.29) is 12.4 Å². The minimum Gasteiger partial charge on any atom is -0.393 e. The molecular formula is C31H54N6O. The molecule has 0 spiro atoms. The van der Waals surface area contributed by atoms with Crippen LogP contribution in [-0.2, 0) is 0 Å². The number of nitrogens with zero attached hydrogens (tertiary/aromatic N) is 3. The molecule has 1 atom stereocenters. The Morgan fingerprint density at radius 1 is 1.16 bits per heavy atom. The molecule has 214 valence electrons. The van der Waals surface area contributed by atoms with Crippen LogP contribution in [0.25, 0.3) is 0 Å². The van der Waals surface area contributed by atoms with E-state index in [0.717, 1.165) is 61.4 Å². The molecule has 1 saturated carbocycles. The van der Waals surface area contributed by atoms with Crippen molar-refractivity contribution in [3.8, 4) is 12.8 Å². The second-order valence-electron chi connectivity index (χ2n) is 8.00. The summed E-state index contributed by atoms with van der Waals surface area (Å²) in [6.45, 7) is 23.9. The van der Waals surface area contributed by atoms with Gasteiger partial charge in [-0.1, -0.05) is 66.3 Å². The van der Waals surface area contributed by atoms with Crippen LogP contribution < -0.4 is 20.9 Å². The third-order valence-electron chi connectivity index (χ3n) is 5.58. The van der Waals surface area contributed by atoms with Crippen LogP contribution in [0.2, 0.25) is 0 Å². The third kappa shape index (κ3) is 12.3. The standard InChI is InChI=1S/C21H32N6O.C4H8.2C2H6.C2H2/c1-5-8-15(7-3)24-21-25-18-13-22-20(23-16-9-11-17(28)12-10-16)26-19(18)27(21)14(4)6-2;1-3-4-2;3*1-2/h5,7-8,13,16-17,21,24-25,28H,4,6,9-12H2,1-3H3,(H,22,23,26);3H,1,4H2,2H3;2*1-2H3;1-2H/b8-5-,15-7+;;;;. The highest BCUT2D eigenvalue weighted by molar-refractivity contribution is 5.75. The second kappa shape index (κ2) is 22.9. The molecule has 0 aromatic carbocycles. The summed E-state index contributed by atoms with van der Waals surface area (Å²) in [4.78, 5) is 11.4. The zero-order valence-corrected chi connectivity index (χ0v) is 25.2. The van der Waals surface area contributed by atoms with E-state index in [1.54, 1.807) is 0 Å². The van der Waals surface area contributed by atoms with Crippen LogP contribution >= 0.6 is 0 Å². The molecule has 7 heteroatoms. The molecule has 1 aromatic heterocycles. The van der Waals surface area contributed by atoms with Crippen molar-refractivity contribution in [2.24, 2.45) is 0 Å². The summed E-state index contributed by atoms with van der Waals surface area (Å²) in [7, 11) is 0. The third-order valence-corrected chi connectivity index (χ3v) is 5.58. The first kappa shape index (κ1) is 36.9. The molecule has 4 N–H and O–H groups in total. The smallest absolute Gasteiger partial charge is 0.224 e. The van der Waals surface area contributed by atoms with Gasteiger partial charge >= 0.3 is 0 Å². The summed E-state index contributed by atoms with van der Waals surface area (Å²) in [6, 6.07) is 0.303. The number of terminal acetylenes is 1. The van der Waals surface area contributed by atoms with Gasteiger partial charge in [0.25, 0.3) is 0 Å². The quantitative estimate of drug-likeness (QED) is 0.158. The first-order chi connectivity index (χ1) is 18.5. The Bertz CT molecular complexity index is 853. The van der Waals surface area contributed by atoms with Gasteiger partial charge in [-0.15, -0.1) is 19.4 Å². The fourth-order valence-corrected chi connectivity index (χ4v) is 3.63. The highest BCUT2D eigenvalue weighted by Gasteiger charge is 2.32. The number of hydrogen-bond donors (Lipinski definition) is 4. The van der Waals surface area contributed by atoms with E-state index in [9.17, 15) is 5.11 Å². The molecule has 38 heavy (non-hydrogen) atoms. The zero-order chi connectivity index (χ0) is 29.5. The minimum absolute atomic E-state index is 0.167. The van der Waals surface area contributed by atoms with Crippen molar-refractivity contribution >= 4 is 17.5 Å². The van der Waals surface area contributed by atoms with Gasteiger partial charge in [0.15, 0.2) is 12.1 Å². The van der Waals surface area contributed by atoms with Crippen LogP contribution in [0, 0.1) is 12.8 Å². The largest absolute Gasteiger partial charge is 0.393 e. The van der Waals surface area contributed by atoms with Gasteiger partial charge in [-0.25, -0.2) is 4.98 Å². The van der Waals surface area contributed by atoms with E-state index < -0.39 is 0 Å². The Morgan fingerprint density at radius 3 is 2.21 bits per heavy atom. The van der Waals surface area contributed by atoms with Crippen LogP contribution in [0.1, 0.15) is 93.9 Å². The Labute approximate surface area is 233 Å². The van der Waals surface area contributed by atoms with Gasteiger partial charge in [0, 0.05) is 17.4 Å². The zero-order valence-electron chi connectivity index (χ0n) is 25.2. The lowest BCUT2D eigenvalue weighted by Crippen LogP contribution is -2.46. The lowest BCUT2D eigenvalue weighted by Gasteiger charge is -2.29. The molecule has 2 heterocycles. The van der Waals surface area contributed by atoms with Crippen LogP contribution in [0.3, 0.4) is 0 Å². The summed E-state index contributed by atoms with van der Waals surface area (Å²) in [5.74, 6) is 1.45. The number of aliphatic hydroxyl groups excluding tert-OH is 1. The summed E-state index contributed by atoms with van der Waals surface area (Å²) >= 11 is 0. The Balaban J connectivity index is 0.